The molecule has 0 aromatic heterocycles. The summed E-state index contributed by atoms with van der Waals surface area (Å²) in [6.07, 6.45) is 1.65. The van der Waals surface area contributed by atoms with Crippen LogP contribution < -0.4 is 0 Å². The van der Waals surface area contributed by atoms with E-state index in [1.807, 2.05) is 0 Å². The van der Waals surface area contributed by atoms with E-state index < -0.39 is 5.97 Å². The Kier molecular flexibility index (Phi) is 2.90. The number of hydrogen-bond donors (Lipinski definition) is 1. The number of hydrogen-bond acceptors (Lipinski definition) is 3. The monoisotopic (exact) mass is 213 g/mol. The number of rotatable bonds is 3. The molecule has 1 atom stereocenters. The summed E-state index contributed by atoms with van der Waals surface area (Å²) in [7, 11) is 0. The molecule has 5 heteroatoms. The third-order valence-corrected chi connectivity index (χ3v) is 2.94. The average Bonchev–Trinajstić information content (AvgIpc) is 2.61. The molecule has 0 bridgehead atoms. The van der Waals surface area contributed by atoms with Gasteiger partial charge in [-0.1, -0.05) is 0 Å². The van der Waals surface area contributed by atoms with Crippen molar-refractivity contribution in [1.82, 2.24) is 4.90 Å². The van der Waals surface area contributed by atoms with Crippen LogP contribution in [0.3, 0.4) is 0 Å². The van der Waals surface area contributed by atoms with E-state index in [2.05, 4.69) is 0 Å². The van der Waals surface area contributed by atoms with Gasteiger partial charge in [-0.05, 0) is 12.8 Å². The molecule has 0 aromatic carbocycles. The minimum absolute atomic E-state index is 0.0362. The zero-order valence-corrected chi connectivity index (χ0v) is 8.52. The highest BCUT2D eigenvalue weighted by Gasteiger charge is 2.36. The Balaban J connectivity index is 1.74. The Labute approximate surface area is 88.0 Å². The number of carbonyl (C=O) groups excluding carboxylic acids is 1. The number of likely N-dealkylation sites (tertiary alicyclic amines) is 1. The molecule has 5 nitrogen and oxygen atoms in total. The van der Waals surface area contributed by atoms with Crippen molar-refractivity contribution in [2.45, 2.75) is 25.4 Å². The summed E-state index contributed by atoms with van der Waals surface area (Å²) >= 11 is 0. The third kappa shape index (κ3) is 2.28. The van der Waals surface area contributed by atoms with Gasteiger partial charge in [-0.25, -0.2) is 0 Å². The van der Waals surface area contributed by atoms with E-state index in [0.29, 0.717) is 19.7 Å². The maximum absolute atomic E-state index is 11.7. The van der Waals surface area contributed by atoms with E-state index in [0.717, 1.165) is 12.8 Å². The molecule has 2 saturated heterocycles. The first kappa shape index (κ1) is 10.4. The van der Waals surface area contributed by atoms with Gasteiger partial charge in [0.15, 0.2) is 0 Å². The molecule has 2 rings (SSSR count). The predicted octanol–water partition coefficient (Wildman–Crippen LogP) is 0.0985. The number of ether oxygens (including phenoxy) is 1. The summed E-state index contributed by atoms with van der Waals surface area (Å²) in [5.74, 6) is -0.619. The molecule has 84 valence electrons. The number of amides is 1. The molecule has 0 radical (unpaired) electrons. The van der Waals surface area contributed by atoms with Gasteiger partial charge in [0.05, 0.1) is 6.42 Å². The summed E-state index contributed by atoms with van der Waals surface area (Å²) in [6, 6.07) is 0. The molecule has 2 aliphatic heterocycles. The molecule has 0 aromatic rings. The van der Waals surface area contributed by atoms with E-state index in [-0.39, 0.29) is 24.3 Å². The maximum Gasteiger partial charge on any atom is 0.303 e. The van der Waals surface area contributed by atoms with E-state index in [1.54, 1.807) is 4.90 Å². The quantitative estimate of drug-likeness (QED) is 0.722. The molecule has 0 aliphatic carbocycles. The first-order valence-corrected chi connectivity index (χ1v) is 5.29. The Morgan fingerprint density at radius 3 is 2.67 bits per heavy atom. The number of carboxylic acids is 1. The minimum atomic E-state index is -0.788. The van der Waals surface area contributed by atoms with Crippen LogP contribution in [-0.4, -0.2) is 47.7 Å². The average molecular weight is 213 g/mol. The van der Waals surface area contributed by atoms with Gasteiger partial charge in [-0.3, -0.25) is 9.59 Å². The summed E-state index contributed by atoms with van der Waals surface area (Å²) in [5, 5.41) is 8.56. The largest absolute Gasteiger partial charge is 0.481 e. The number of carbonyl (C=O) groups is 2. The van der Waals surface area contributed by atoms with Crippen LogP contribution in [0.2, 0.25) is 0 Å². The van der Waals surface area contributed by atoms with Crippen LogP contribution in [0.15, 0.2) is 0 Å². The van der Waals surface area contributed by atoms with E-state index in [4.69, 9.17) is 9.84 Å². The van der Waals surface area contributed by atoms with Gasteiger partial charge in [-0.2, -0.15) is 0 Å². The van der Waals surface area contributed by atoms with Gasteiger partial charge in [0.1, 0.15) is 6.10 Å². The molecular weight excluding hydrogens is 198 g/mol. The fourth-order valence-electron chi connectivity index (χ4n) is 2.10. The van der Waals surface area contributed by atoms with E-state index in [1.165, 1.54) is 0 Å². The third-order valence-electron chi connectivity index (χ3n) is 2.94. The second-order valence-electron chi connectivity index (χ2n) is 4.21. The molecule has 1 amide bonds. The molecule has 2 heterocycles. The van der Waals surface area contributed by atoms with Gasteiger partial charge in [0.2, 0.25) is 0 Å². The van der Waals surface area contributed by atoms with Crippen LogP contribution in [0.4, 0.5) is 0 Å². The Hall–Kier alpha value is -1.10. The van der Waals surface area contributed by atoms with Crippen LogP contribution in [0.5, 0.6) is 0 Å². The van der Waals surface area contributed by atoms with Gasteiger partial charge < -0.3 is 14.7 Å². The number of aliphatic carboxylic acids is 1. The first-order valence-electron chi connectivity index (χ1n) is 5.29. The first-order chi connectivity index (χ1) is 7.16. The predicted molar refractivity (Wildman–Crippen MR) is 51.3 cm³/mol. The SMILES string of the molecule is O=C(O)CC1CN(C(=O)[C@@H]2CCCO2)C1. The van der Waals surface area contributed by atoms with Crippen molar-refractivity contribution in [1.29, 1.82) is 0 Å². The smallest absolute Gasteiger partial charge is 0.303 e. The summed E-state index contributed by atoms with van der Waals surface area (Å²) < 4.78 is 5.28. The maximum atomic E-state index is 11.7. The van der Waals surface area contributed by atoms with Crippen molar-refractivity contribution >= 4 is 11.9 Å². The fraction of sp³-hybridized carbons (Fsp3) is 0.800. The van der Waals surface area contributed by atoms with Crippen LogP contribution >= 0.6 is 0 Å². The van der Waals surface area contributed by atoms with Crippen LogP contribution in [0.1, 0.15) is 19.3 Å². The van der Waals surface area contributed by atoms with Gasteiger partial charge in [0, 0.05) is 25.6 Å². The molecule has 0 saturated carbocycles. The lowest BCUT2D eigenvalue weighted by molar-refractivity contribution is -0.151. The molecular formula is C10H15NO4. The van der Waals surface area contributed by atoms with E-state index in [9.17, 15) is 9.59 Å². The van der Waals surface area contributed by atoms with Crippen molar-refractivity contribution in [3.63, 3.8) is 0 Å². The molecule has 2 aliphatic rings. The molecule has 0 unspecified atom stereocenters. The number of carboxylic acid groups (broad SMARTS) is 1. The second-order valence-corrected chi connectivity index (χ2v) is 4.21. The lowest BCUT2D eigenvalue weighted by Crippen LogP contribution is -2.53. The van der Waals surface area contributed by atoms with Crippen molar-refractivity contribution in [2.24, 2.45) is 5.92 Å². The van der Waals surface area contributed by atoms with Crippen molar-refractivity contribution < 1.29 is 19.4 Å². The highest BCUT2D eigenvalue weighted by atomic mass is 16.5. The lowest BCUT2D eigenvalue weighted by Gasteiger charge is -2.39. The normalized spacial score (nSPS) is 26.4. The highest BCUT2D eigenvalue weighted by molar-refractivity contribution is 5.82. The molecule has 0 spiro atoms. The van der Waals surface area contributed by atoms with Crippen molar-refractivity contribution in [3.05, 3.63) is 0 Å². The van der Waals surface area contributed by atoms with E-state index >= 15 is 0 Å². The summed E-state index contributed by atoms with van der Waals surface area (Å²) in [4.78, 5) is 23.8. The van der Waals surface area contributed by atoms with Gasteiger partial charge in [0.25, 0.3) is 5.91 Å². The van der Waals surface area contributed by atoms with Crippen LogP contribution in [0.25, 0.3) is 0 Å². The second kappa shape index (κ2) is 4.18. The number of nitrogens with zero attached hydrogens (tertiary/aromatic N) is 1. The lowest BCUT2D eigenvalue weighted by atomic mass is 9.95. The zero-order valence-electron chi connectivity index (χ0n) is 8.52. The molecule has 2 fully saturated rings. The van der Waals surface area contributed by atoms with Crippen LogP contribution in [-0.2, 0) is 14.3 Å². The Bertz CT molecular complexity index is 267. The molecule has 1 N–H and O–H groups in total. The van der Waals surface area contributed by atoms with Crippen molar-refractivity contribution in [2.75, 3.05) is 19.7 Å². The minimum Gasteiger partial charge on any atom is -0.481 e. The summed E-state index contributed by atoms with van der Waals surface area (Å²) in [5.41, 5.74) is 0. The van der Waals surface area contributed by atoms with Crippen LogP contribution in [0, 0.1) is 5.92 Å². The fourth-order valence-corrected chi connectivity index (χ4v) is 2.10. The van der Waals surface area contributed by atoms with Gasteiger partial charge in [-0.15, -0.1) is 0 Å². The zero-order chi connectivity index (χ0) is 10.8. The standard InChI is InChI=1S/C10H15NO4/c12-9(13)4-7-5-11(6-7)10(14)8-2-1-3-15-8/h7-8H,1-6H2,(H,12,13)/t8-/m0/s1. The highest BCUT2D eigenvalue weighted by Crippen LogP contribution is 2.23. The van der Waals surface area contributed by atoms with Crippen molar-refractivity contribution in [3.8, 4) is 0 Å². The Morgan fingerprint density at radius 1 is 1.40 bits per heavy atom. The molecule has 15 heavy (non-hydrogen) atoms. The summed E-state index contributed by atoms with van der Waals surface area (Å²) in [6.45, 7) is 1.82. The van der Waals surface area contributed by atoms with Gasteiger partial charge >= 0.3 is 5.97 Å². The Morgan fingerprint density at radius 2 is 2.13 bits per heavy atom. The topological polar surface area (TPSA) is 66.8 Å².